The molecule has 2 aromatic heterocycles. The highest BCUT2D eigenvalue weighted by Crippen LogP contribution is 2.36. The van der Waals surface area contributed by atoms with Crippen LogP contribution in [0.3, 0.4) is 0 Å². The largest absolute Gasteiger partial charge is 0.244 e. The number of hydrogen-bond donors (Lipinski definition) is 0. The molecule has 0 aliphatic carbocycles. The van der Waals surface area contributed by atoms with E-state index in [1.54, 1.807) is 0 Å². The van der Waals surface area contributed by atoms with E-state index in [0.717, 1.165) is 22.3 Å². The van der Waals surface area contributed by atoms with Crippen LogP contribution in [0, 0.1) is 48.5 Å². The van der Waals surface area contributed by atoms with E-state index >= 15 is 0 Å². The number of fused-ring (bicyclic) bond motifs is 6. The van der Waals surface area contributed by atoms with Crippen molar-refractivity contribution >= 4 is 64.6 Å². The summed E-state index contributed by atoms with van der Waals surface area (Å²) in [5, 5.41) is 15.7. The van der Waals surface area contributed by atoms with Crippen molar-refractivity contribution in [2.45, 2.75) is 48.5 Å². The van der Waals surface area contributed by atoms with Crippen LogP contribution in [0.5, 0.6) is 0 Å². The summed E-state index contributed by atoms with van der Waals surface area (Å²) >= 11 is 0. The maximum Gasteiger partial charge on any atom is 0.115 e. The second-order valence-electron chi connectivity index (χ2n) is 30.8. The molecule has 4 heteroatoms. The van der Waals surface area contributed by atoms with Gasteiger partial charge in [-0.2, -0.15) is 0 Å². The molecule has 2 heterocycles. The molecule has 19 aromatic carbocycles. The Balaban J connectivity index is 0.000000111. The average molecular weight is 1560 g/mol. The number of hydrogen-bond acceptors (Lipinski definition) is 4. The van der Waals surface area contributed by atoms with Gasteiger partial charge in [0.25, 0.3) is 0 Å². The van der Waals surface area contributed by atoms with Gasteiger partial charge in [0, 0.05) is 35.9 Å². The van der Waals surface area contributed by atoms with Crippen LogP contribution < -0.4 is 0 Å². The van der Waals surface area contributed by atoms with E-state index in [1.807, 2.05) is 30.9 Å². The number of aryl methyl sites for hydroxylation is 7. The molecular formula is C117H96N4. The maximum atomic E-state index is 4.06. The van der Waals surface area contributed by atoms with Gasteiger partial charge in [0.15, 0.2) is 0 Å². The highest BCUT2D eigenvalue weighted by atomic mass is 14.8. The molecule has 0 atom stereocenters. The van der Waals surface area contributed by atoms with Crippen LogP contribution in [0.2, 0.25) is 0 Å². The van der Waals surface area contributed by atoms with Crippen LogP contribution in [0.15, 0.2) is 456 Å². The second-order valence-corrected chi connectivity index (χ2v) is 30.8. The Morgan fingerprint density at radius 1 is 0.140 bits per heavy atom. The van der Waals surface area contributed by atoms with E-state index in [2.05, 4.69) is 481 Å². The first-order valence-electron chi connectivity index (χ1n) is 41.3. The van der Waals surface area contributed by atoms with E-state index in [-0.39, 0.29) is 0 Å². The van der Waals surface area contributed by atoms with Gasteiger partial charge in [0.2, 0.25) is 0 Å². The smallest absolute Gasteiger partial charge is 0.115 e. The van der Waals surface area contributed by atoms with Crippen molar-refractivity contribution in [1.29, 1.82) is 0 Å². The van der Waals surface area contributed by atoms with Crippen LogP contribution in [-0.2, 0) is 0 Å². The van der Waals surface area contributed by atoms with Gasteiger partial charge in [-0.25, -0.2) is 19.9 Å². The Bertz CT molecular complexity index is 6930. The summed E-state index contributed by atoms with van der Waals surface area (Å²) < 4.78 is 0. The van der Waals surface area contributed by atoms with Crippen LogP contribution in [0.1, 0.15) is 38.9 Å². The minimum atomic E-state index is 1.00. The lowest BCUT2D eigenvalue weighted by molar-refractivity contribution is 1.17. The number of benzene rings is 19. The molecule has 0 unspecified atom stereocenters. The molecule has 0 radical (unpaired) electrons. The van der Waals surface area contributed by atoms with Gasteiger partial charge in [-0.3, -0.25) is 0 Å². The topological polar surface area (TPSA) is 51.6 Å². The lowest BCUT2D eigenvalue weighted by atomic mass is 9.93. The fourth-order valence-corrected chi connectivity index (χ4v) is 15.5. The first-order chi connectivity index (χ1) is 59.3. The third kappa shape index (κ3) is 21.4. The van der Waals surface area contributed by atoms with Crippen molar-refractivity contribution < 1.29 is 0 Å². The Hall–Kier alpha value is -15.1. The zero-order chi connectivity index (χ0) is 83.1. The summed E-state index contributed by atoms with van der Waals surface area (Å²) in [5.41, 5.74) is 28.6. The molecule has 0 aliphatic heterocycles. The fourth-order valence-electron chi connectivity index (χ4n) is 15.5. The van der Waals surface area contributed by atoms with Gasteiger partial charge in [-0.1, -0.05) is 405 Å². The normalized spacial score (nSPS) is 10.6. The first-order valence-corrected chi connectivity index (χ1v) is 41.3. The minimum Gasteiger partial charge on any atom is -0.244 e. The summed E-state index contributed by atoms with van der Waals surface area (Å²) in [4.78, 5) is 16.2. The lowest BCUT2D eigenvalue weighted by Crippen LogP contribution is -1.87. The molecule has 0 aliphatic rings. The third-order valence-electron chi connectivity index (χ3n) is 21.6. The van der Waals surface area contributed by atoms with E-state index in [9.17, 15) is 0 Å². The molecule has 0 saturated carbocycles. The number of nitrogens with zero attached hydrogens (tertiary/aromatic N) is 4. The van der Waals surface area contributed by atoms with Crippen molar-refractivity contribution in [1.82, 2.24) is 19.9 Å². The summed E-state index contributed by atoms with van der Waals surface area (Å²) in [6.07, 6.45) is 10.3. The van der Waals surface area contributed by atoms with Crippen LogP contribution in [-0.4, -0.2) is 19.9 Å². The molecule has 0 spiro atoms. The molecule has 0 fully saturated rings. The lowest BCUT2D eigenvalue weighted by Gasteiger charge is -2.11. The minimum absolute atomic E-state index is 1.00. The zero-order valence-corrected chi connectivity index (χ0v) is 69.6. The van der Waals surface area contributed by atoms with Crippen molar-refractivity contribution in [3.63, 3.8) is 0 Å². The molecule has 0 saturated heterocycles. The predicted octanol–water partition coefficient (Wildman–Crippen LogP) is 31.8. The summed E-state index contributed by atoms with van der Waals surface area (Å²) in [5.74, 6) is 0. The average Bonchev–Trinajstić information content (AvgIpc) is 0.741. The Morgan fingerprint density at radius 3 is 0.926 bits per heavy atom. The van der Waals surface area contributed by atoms with Crippen molar-refractivity contribution in [3.8, 4) is 89.0 Å². The van der Waals surface area contributed by atoms with Crippen LogP contribution in [0.4, 0.5) is 0 Å². The summed E-state index contributed by atoms with van der Waals surface area (Å²) in [7, 11) is 0. The maximum absolute atomic E-state index is 4.06. The molecular weight excluding hydrogens is 1460 g/mol. The van der Waals surface area contributed by atoms with Crippen molar-refractivity contribution in [3.05, 3.63) is 495 Å². The molecule has 0 bridgehead atoms. The quantitative estimate of drug-likeness (QED) is 0.152. The Kier molecular flexibility index (Phi) is 26.6. The molecule has 584 valence electrons. The standard InChI is InChI=1S/2C23H18.2C17H14.C15H12N4.2C11H10/c1-17-14-20(18-8-3-2-4-9-18)16-21(15-17)23-13-7-11-19-10-5-6-12-22(19)23;1-17-13-22(18-7-3-2-4-8-18)16-23(14-17)21-12-11-19-9-5-6-10-20(19)15-21;1-13-10-11-17-15(12-13)8-5-9-16(17)14-6-3-2-4-7-14;1-13-7-8-17-12-16(10-9-15(17)11-13)14-5-3-2-4-6-14;1-11-2-12(14-5-16-9-17-6-14)4-13(3-11)15-7-18-10-19-8-15;1-9-5-4-7-10-6-2-3-8-11(9)10;1-9-6-7-10-4-2-3-5-11(10)8-9/h2*2-16H,1H3;2*2-12H,1H3;2-10H,1H3;2*2-8H,1H3. The molecule has 0 amide bonds. The van der Waals surface area contributed by atoms with E-state index in [4.69, 9.17) is 0 Å². The van der Waals surface area contributed by atoms with Gasteiger partial charge in [-0.05, 0) is 244 Å². The highest BCUT2D eigenvalue weighted by molar-refractivity contribution is 5.99. The molecule has 0 N–H and O–H groups in total. The fraction of sp³-hybridized carbons (Fsp3) is 0.0598. The molecule has 21 aromatic rings. The molecule has 4 nitrogen and oxygen atoms in total. The van der Waals surface area contributed by atoms with Gasteiger partial charge in [-0.15, -0.1) is 0 Å². The first kappa shape index (κ1) is 81.1. The monoisotopic (exact) mass is 1560 g/mol. The predicted molar refractivity (Wildman–Crippen MR) is 518 cm³/mol. The number of rotatable bonds is 8. The van der Waals surface area contributed by atoms with Crippen molar-refractivity contribution in [2.24, 2.45) is 0 Å². The molecule has 21 rings (SSSR count). The van der Waals surface area contributed by atoms with Gasteiger partial charge in [0.05, 0.1) is 0 Å². The van der Waals surface area contributed by atoms with Crippen molar-refractivity contribution in [2.75, 3.05) is 0 Å². The van der Waals surface area contributed by atoms with E-state index in [1.165, 1.54) is 183 Å². The SMILES string of the molecule is Cc1cc(-c2ccccc2)cc(-c2ccc3ccccc3c2)c1.Cc1cc(-c2ccccc2)cc(-c2cccc3ccccc23)c1.Cc1cc(-c2cncnc2)cc(-c2cncnc2)c1.Cc1ccc2c(-c3ccccc3)cccc2c1.Cc1ccc2cc(-c3ccccc3)ccc2c1.Cc1ccc2ccccc2c1.Cc1cccc2ccccc12. The summed E-state index contributed by atoms with van der Waals surface area (Å²) in [6.45, 7) is 14.9. The van der Waals surface area contributed by atoms with Crippen LogP contribution >= 0.6 is 0 Å². The third-order valence-corrected chi connectivity index (χ3v) is 21.6. The summed E-state index contributed by atoms with van der Waals surface area (Å²) in [6, 6.07) is 149. The van der Waals surface area contributed by atoms with Crippen LogP contribution in [0.25, 0.3) is 154 Å². The number of aromatic nitrogens is 4. The van der Waals surface area contributed by atoms with E-state index in [0.29, 0.717) is 0 Å². The van der Waals surface area contributed by atoms with E-state index < -0.39 is 0 Å². The van der Waals surface area contributed by atoms with Gasteiger partial charge >= 0.3 is 0 Å². The Morgan fingerprint density at radius 2 is 0.430 bits per heavy atom. The second kappa shape index (κ2) is 39.7. The zero-order valence-electron chi connectivity index (χ0n) is 69.6. The molecule has 121 heavy (non-hydrogen) atoms. The van der Waals surface area contributed by atoms with Gasteiger partial charge in [0.1, 0.15) is 12.7 Å². The van der Waals surface area contributed by atoms with Gasteiger partial charge < -0.3 is 0 Å². The Labute approximate surface area is 712 Å². The highest BCUT2D eigenvalue weighted by Gasteiger charge is 2.11.